The van der Waals surface area contributed by atoms with Crippen molar-refractivity contribution in [3.8, 4) is 11.1 Å². The summed E-state index contributed by atoms with van der Waals surface area (Å²) in [6, 6.07) is 15.3. The summed E-state index contributed by atoms with van der Waals surface area (Å²) in [4.78, 5) is 36.7. The Kier molecular flexibility index (Phi) is 5.15. The Morgan fingerprint density at radius 3 is 2.18 bits per heavy atom. The fourth-order valence-electron chi connectivity index (χ4n) is 5.71. The standard InChI is InChI=1S/C26H28N2O5/c1-16(22(29)30)28-23(31)26(14-25(26)11-6-12-25)15-27-24(32)33-13-21-19-9-4-2-7-17(19)18-8-3-5-10-20(18)21/h2-5,7-10,16,21H,6,11-15H2,1H3,(H,27,32)(H,28,31)(H,29,30)/t16-,26?/m1/s1. The topological polar surface area (TPSA) is 105 Å². The van der Waals surface area contributed by atoms with Crippen LogP contribution in [0.4, 0.5) is 4.79 Å². The van der Waals surface area contributed by atoms with E-state index in [-0.39, 0.29) is 30.4 Å². The highest BCUT2D eigenvalue weighted by Crippen LogP contribution is 2.73. The number of aliphatic carboxylic acids is 1. The molecule has 1 unspecified atom stereocenters. The molecule has 2 amide bonds. The molecular formula is C26H28N2O5. The van der Waals surface area contributed by atoms with E-state index in [1.807, 2.05) is 24.3 Å². The van der Waals surface area contributed by atoms with Gasteiger partial charge in [-0.15, -0.1) is 0 Å². The second kappa shape index (κ2) is 7.90. The molecule has 3 aliphatic rings. The molecule has 172 valence electrons. The van der Waals surface area contributed by atoms with Crippen LogP contribution in [0.1, 0.15) is 49.7 Å². The number of alkyl carbamates (subject to hydrolysis) is 1. The number of fused-ring (bicyclic) bond motifs is 3. The third-order valence-corrected chi connectivity index (χ3v) is 7.87. The van der Waals surface area contributed by atoms with E-state index in [4.69, 9.17) is 9.84 Å². The van der Waals surface area contributed by atoms with Gasteiger partial charge in [-0.3, -0.25) is 9.59 Å². The molecule has 0 radical (unpaired) electrons. The maximum Gasteiger partial charge on any atom is 0.407 e. The molecule has 3 aliphatic carbocycles. The lowest BCUT2D eigenvalue weighted by molar-refractivity contribution is -0.142. The molecule has 2 fully saturated rings. The highest BCUT2D eigenvalue weighted by Gasteiger charge is 2.73. The minimum atomic E-state index is -1.08. The molecule has 0 aliphatic heterocycles. The van der Waals surface area contributed by atoms with Gasteiger partial charge in [-0.25, -0.2) is 4.79 Å². The molecule has 0 bridgehead atoms. The van der Waals surface area contributed by atoms with Crippen LogP contribution in [0.25, 0.3) is 11.1 Å². The molecule has 3 N–H and O–H groups in total. The van der Waals surface area contributed by atoms with E-state index in [2.05, 4.69) is 34.9 Å². The fourth-order valence-corrected chi connectivity index (χ4v) is 5.71. The number of carboxylic acids is 1. The summed E-state index contributed by atoms with van der Waals surface area (Å²) in [6.07, 6.45) is 3.01. The summed E-state index contributed by atoms with van der Waals surface area (Å²) >= 11 is 0. The largest absolute Gasteiger partial charge is 0.480 e. The zero-order chi connectivity index (χ0) is 23.2. The second-order valence-corrected chi connectivity index (χ2v) is 9.61. The van der Waals surface area contributed by atoms with E-state index in [0.717, 1.165) is 41.5 Å². The van der Waals surface area contributed by atoms with Gasteiger partial charge in [0.1, 0.15) is 12.6 Å². The number of amides is 2. The number of benzene rings is 2. The van der Waals surface area contributed by atoms with Gasteiger partial charge in [0.2, 0.25) is 5.91 Å². The highest BCUT2D eigenvalue weighted by molar-refractivity contribution is 5.91. The van der Waals surface area contributed by atoms with Gasteiger partial charge in [0.15, 0.2) is 0 Å². The Morgan fingerprint density at radius 1 is 1.06 bits per heavy atom. The maximum absolute atomic E-state index is 12.9. The lowest BCUT2D eigenvalue weighted by Crippen LogP contribution is -2.49. The van der Waals surface area contributed by atoms with Crippen LogP contribution in [-0.2, 0) is 14.3 Å². The van der Waals surface area contributed by atoms with Gasteiger partial charge in [-0.1, -0.05) is 55.0 Å². The van der Waals surface area contributed by atoms with E-state index in [1.165, 1.54) is 6.92 Å². The quantitative estimate of drug-likeness (QED) is 0.599. The van der Waals surface area contributed by atoms with Gasteiger partial charge in [-0.05, 0) is 53.9 Å². The number of carbonyl (C=O) groups excluding carboxylic acids is 2. The predicted octanol–water partition coefficient (Wildman–Crippen LogP) is 3.67. The van der Waals surface area contributed by atoms with Crippen molar-refractivity contribution in [3.63, 3.8) is 0 Å². The van der Waals surface area contributed by atoms with Gasteiger partial charge >= 0.3 is 12.1 Å². The normalized spacial score (nSPS) is 22.5. The summed E-state index contributed by atoms with van der Waals surface area (Å²) in [7, 11) is 0. The Hall–Kier alpha value is -3.35. The van der Waals surface area contributed by atoms with Gasteiger partial charge in [0.05, 0.1) is 5.41 Å². The van der Waals surface area contributed by atoms with Crippen LogP contribution in [-0.4, -0.2) is 42.3 Å². The Balaban J connectivity index is 1.23. The molecule has 7 nitrogen and oxygen atoms in total. The Labute approximate surface area is 192 Å². The van der Waals surface area contributed by atoms with Crippen molar-refractivity contribution in [1.29, 1.82) is 0 Å². The molecular weight excluding hydrogens is 420 g/mol. The van der Waals surface area contributed by atoms with Crippen LogP contribution in [0, 0.1) is 10.8 Å². The molecule has 7 heteroatoms. The van der Waals surface area contributed by atoms with Crippen LogP contribution in [0.3, 0.4) is 0 Å². The number of hydrogen-bond donors (Lipinski definition) is 3. The Morgan fingerprint density at radius 2 is 1.67 bits per heavy atom. The van der Waals surface area contributed by atoms with Gasteiger partial charge in [0, 0.05) is 12.5 Å². The fraction of sp³-hybridized carbons (Fsp3) is 0.423. The molecule has 2 saturated carbocycles. The molecule has 0 aromatic heterocycles. The van der Waals surface area contributed by atoms with Crippen LogP contribution >= 0.6 is 0 Å². The van der Waals surface area contributed by atoms with Crippen molar-refractivity contribution in [1.82, 2.24) is 10.6 Å². The zero-order valence-electron chi connectivity index (χ0n) is 18.6. The summed E-state index contributed by atoms with van der Waals surface area (Å²) in [6.45, 7) is 1.81. The zero-order valence-corrected chi connectivity index (χ0v) is 18.6. The molecule has 2 atom stereocenters. The van der Waals surface area contributed by atoms with Crippen LogP contribution in [0.5, 0.6) is 0 Å². The molecule has 0 heterocycles. The lowest BCUT2D eigenvalue weighted by atomic mass is 9.74. The molecule has 5 rings (SSSR count). The van der Waals surface area contributed by atoms with Gasteiger partial charge < -0.3 is 20.5 Å². The van der Waals surface area contributed by atoms with Crippen molar-refractivity contribution in [2.45, 2.75) is 44.6 Å². The molecule has 2 aromatic carbocycles. The predicted molar refractivity (Wildman–Crippen MR) is 122 cm³/mol. The smallest absolute Gasteiger partial charge is 0.407 e. The third-order valence-electron chi connectivity index (χ3n) is 7.87. The minimum Gasteiger partial charge on any atom is -0.480 e. The van der Waals surface area contributed by atoms with Crippen molar-refractivity contribution < 1.29 is 24.2 Å². The van der Waals surface area contributed by atoms with Crippen LogP contribution in [0.15, 0.2) is 48.5 Å². The third kappa shape index (κ3) is 3.46. The Bertz CT molecular complexity index is 1080. The number of ether oxygens (including phenoxy) is 1. The average Bonchev–Trinajstić information content (AvgIpc) is 3.41. The van der Waals surface area contributed by atoms with E-state index in [9.17, 15) is 14.4 Å². The summed E-state index contributed by atoms with van der Waals surface area (Å²) in [5, 5.41) is 14.5. The van der Waals surface area contributed by atoms with Crippen molar-refractivity contribution >= 4 is 18.0 Å². The van der Waals surface area contributed by atoms with Gasteiger partial charge in [0.25, 0.3) is 0 Å². The number of carboxylic acid groups (broad SMARTS) is 1. The average molecular weight is 449 g/mol. The van der Waals surface area contributed by atoms with E-state index in [1.54, 1.807) is 0 Å². The molecule has 1 spiro atoms. The van der Waals surface area contributed by atoms with E-state index < -0.39 is 23.5 Å². The maximum atomic E-state index is 12.9. The van der Waals surface area contributed by atoms with Crippen molar-refractivity contribution in [2.75, 3.05) is 13.2 Å². The first-order chi connectivity index (χ1) is 15.9. The number of hydrogen-bond acceptors (Lipinski definition) is 4. The van der Waals surface area contributed by atoms with Crippen molar-refractivity contribution in [2.24, 2.45) is 10.8 Å². The number of nitrogens with one attached hydrogen (secondary N) is 2. The molecule has 33 heavy (non-hydrogen) atoms. The van der Waals surface area contributed by atoms with E-state index in [0.29, 0.717) is 6.42 Å². The van der Waals surface area contributed by atoms with Crippen LogP contribution < -0.4 is 10.6 Å². The lowest BCUT2D eigenvalue weighted by Gasteiger charge is -2.32. The van der Waals surface area contributed by atoms with Gasteiger partial charge in [-0.2, -0.15) is 0 Å². The van der Waals surface area contributed by atoms with Crippen LogP contribution in [0.2, 0.25) is 0 Å². The first-order valence-corrected chi connectivity index (χ1v) is 11.5. The highest BCUT2D eigenvalue weighted by atomic mass is 16.5. The monoisotopic (exact) mass is 448 g/mol. The molecule has 2 aromatic rings. The second-order valence-electron chi connectivity index (χ2n) is 9.61. The minimum absolute atomic E-state index is 0.0317. The SMILES string of the molecule is C[C@@H](NC(=O)C1(CNC(=O)OCC2c3ccccc3-c3ccccc32)CC12CCC2)C(=O)O. The first-order valence-electron chi connectivity index (χ1n) is 11.5. The summed E-state index contributed by atoms with van der Waals surface area (Å²) in [5.74, 6) is -1.40. The number of carbonyl (C=O) groups is 3. The number of rotatable bonds is 7. The molecule has 0 saturated heterocycles. The first kappa shape index (κ1) is 21.5. The van der Waals surface area contributed by atoms with Crippen molar-refractivity contribution in [3.05, 3.63) is 59.7 Å². The van der Waals surface area contributed by atoms with E-state index >= 15 is 0 Å². The summed E-state index contributed by atoms with van der Waals surface area (Å²) < 4.78 is 5.61. The summed E-state index contributed by atoms with van der Waals surface area (Å²) in [5.41, 5.74) is 3.73.